The molecule has 1 fully saturated rings. The van der Waals surface area contributed by atoms with E-state index in [4.69, 9.17) is 0 Å². The normalized spacial score (nSPS) is 19.2. The van der Waals surface area contributed by atoms with Crippen molar-refractivity contribution in [3.05, 3.63) is 0 Å². The van der Waals surface area contributed by atoms with Crippen molar-refractivity contribution in [3.8, 4) is 0 Å². The van der Waals surface area contributed by atoms with Gasteiger partial charge in [-0.25, -0.2) is 8.42 Å². The lowest BCUT2D eigenvalue weighted by molar-refractivity contribution is -0.129. The fourth-order valence-electron chi connectivity index (χ4n) is 1.48. The van der Waals surface area contributed by atoms with Crippen LogP contribution >= 0.6 is 11.8 Å². The third-order valence-electron chi connectivity index (χ3n) is 2.33. The van der Waals surface area contributed by atoms with Crippen molar-refractivity contribution in [1.29, 1.82) is 0 Å². The lowest BCUT2D eigenvalue weighted by atomic mass is 10.3. The molecule has 1 amide bonds. The van der Waals surface area contributed by atoms with Crippen molar-refractivity contribution in [1.82, 2.24) is 9.21 Å². The fraction of sp³-hybridized carbons (Fsp3) is 0.875. The van der Waals surface area contributed by atoms with E-state index in [2.05, 4.69) is 0 Å². The van der Waals surface area contributed by atoms with Crippen LogP contribution < -0.4 is 0 Å². The van der Waals surface area contributed by atoms with Crippen LogP contribution in [0.15, 0.2) is 0 Å². The quantitative estimate of drug-likeness (QED) is 0.676. The number of carbonyl (C=O) groups excluding carboxylic acids is 1. The maximum Gasteiger partial charge on any atom is 0.232 e. The Morgan fingerprint density at radius 3 is 2.20 bits per heavy atom. The van der Waals surface area contributed by atoms with Gasteiger partial charge in [-0.15, -0.1) is 0 Å². The molecule has 0 spiro atoms. The average molecular weight is 252 g/mol. The van der Waals surface area contributed by atoms with E-state index in [1.807, 2.05) is 6.26 Å². The average Bonchev–Trinajstić information content (AvgIpc) is 2.17. The van der Waals surface area contributed by atoms with Crippen LogP contribution in [0, 0.1) is 0 Å². The van der Waals surface area contributed by atoms with Crippen molar-refractivity contribution in [2.45, 2.75) is 0 Å². The standard InChI is InChI=1S/C8H16N2O3S2/c1-14-7-8(11)9-3-5-10(6-4-9)15(2,12)13/h3-7H2,1-2H3. The van der Waals surface area contributed by atoms with Gasteiger partial charge in [-0.2, -0.15) is 16.1 Å². The molecule has 0 atom stereocenters. The predicted molar refractivity (Wildman–Crippen MR) is 61.4 cm³/mol. The number of nitrogens with zero attached hydrogens (tertiary/aromatic N) is 2. The molecule has 0 aliphatic carbocycles. The summed E-state index contributed by atoms with van der Waals surface area (Å²) in [6.07, 6.45) is 3.08. The summed E-state index contributed by atoms with van der Waals surface area (Å²) in [6.45, 7) is 1.84. The Hall–Kier alpha value is -0.270. The van der Waals surface area contributed by atoms with Crippen molar-refractivity contribution >= 4 is 27.7 Å². The molecule has 0 N–H and O–H groups in total. The van der Waals surface area contributed by atoms with E-state index in [1.54, 1.807) is 4.90 Å². The molecular weight excluding hydrogens is 236 g/mol. The number of piperazine rings is 1. The van der Waals surface area contributed by atoms with Crippen LogP contribution in [0.25, 0.3) is 0 Å². The fourth-order valence-corrected chi connectivity index (χ4v) is 2.74. The van der Waals surface area contributed by atoms with Gasteiger partial charge in [0.15, 0.2) is 0 Å². The van der Waals surface area contributed by atoms with Crippen LogP contribution in [-0.4, -0.2) is 68.0 Å². The summed E-state index contributed by atoms with van der Waals surface area (Å²) in [6, 6.07) is 0. The molecular formula is C8H16N2O3S2. The van der Waals surface area contributed by atoms with Gasteiger partial charge >= 0.3 is 0 Å². The molecule has 1 heterocycles. The van der Waals surface area contributed by atoms with E-state index in [0.717, 1.165) is 0 Å². The summed E-state index contributed by atoms with van der Waals surface area (Å²) in [5.74, 6) is 0.564. The second-order valence-corrected chi connectivity index (χ2v) is 6.32. The minimum Gasteiger partial charge on any atom is -0.339 e. The predicted octanol–water partition coefficient (Wildman–Crippen LogP) is -0.547. The third-order valence-corrected chi connectivity index (χ3v) is 4.17. The van der Waals surface area contributed by atoms with E-state index < -0.39 is 10.0 Å². The summed E-state index contributed by atoms with van der Waals surface area (Å²) in [5, 5.41) is 0. The molecule has 0 bridgehead atoms. The molecule has 1 aliphatic rings. The number of carbonyl (C=O) groups is 1. The van der Waals surface area contributed by atoms with Gasteiger partial charge in [-0.1, -0.05) is 0 Å². The van der Waals surface area contributed by atoms with E-state index >= 15 is 0 Å². The van der Waals surface area contributed by atoms with Gasteiger partial charge in [-0.3, -0.25) is 4.79 Å². The second kappa shape index (κ2) is 5.18. The first kappa shape index (κ1) is 12.8. The number of hydrogen-bond acceptors (Lipinski definition) is 4. The number of thioether (sulfide) groups is 1. The second-order valence-electron chi connectivity index (χ2n) is 3.48. The Bertz CT molecular complexity index is 321. The molecule has 0 radical (unpaired) electrons. The highest BCUT2D eigenvalue weighted by atomic mass is 32.2. The molecule has 0 aromatic carbocycles. The molecule has 0 aromatic heterocycles. The molecule has 1 saturated heterocycles. The van der Waals surface area contributed by atoms with Gasteiger partial charge < -0.3 is 4.90 Å². The number of rotatable bonds is 3. The first-order valence-corrected chi connectivity index (χ1v) is 7.91. The van der Waals surface area contributed by atoms with Gasteiger partial charge in [0.05, 0.1) is 12.0 Å². The van der Waals surface area contributed by atoms with Crippen molar-refractivity contribution in [2.75, 3.05) is 44.4 Å². The molecule has 1 rings (SSSR count). The largest absolute Gasteiger partial charge is 0.339 e. The van der Waals surface area contributed by atoms with Gasteiger partial charge in [-0.05, 0) is 6.26 Å². The molecule has 7 heteroatoms. The van der Waals surface area contributed by atoms with Gasteiger partial charge in [0.2, 0.25) is 15.9 Å². The highest BCUT2D eigenvalue weighted by Gasteiger charge is 2.25. The molecule has 5 nitrogen and oxygen atoms in total. The Morgan fingerprint density at radius 2 is 1.80 bits per heavy atom. The lowest BCUT2D eigenvalue weighted by Crippen LogP contribution is -2.50. The minimum atomic E-state index is -3.10. The number of hydrogen-bond donors (Lipinski definition) is 0. The van der Waals surface area contributed by atoms with E-state index in [-0.39, 0.29) is 5.91 Å². The van der Waals surface area contributed by atoms with Crippen LogP contribution in [0.5, 0.6) is 0 Å². The van der Waals surface area contributed by atoms with Crippen molar-refractivity contribution in [3.63, 3.8) is 0 Å². The van der Waals surface area contributed by atoms with Crippen LogP contribution in [0.1, 0.15) is 0 Å². The van der Waals surface area contributed by atoms with Crippen LogP contribution in [0.3, 0.4) is 0 Å². The SMILES string of the molecule is CSCC(=O)N1CCN(S(C)(=O)=O)CC1. The molecule has 0 saturated carbocycles. The summed E-state index contributed by atoms with van der Waals surface area (Å²) < 4.78 is 23.8. The van der Waals surface area contributed by atoms with Crippen molar-refractivity contribution < 1.29 is 13.2 Å². The summed E-state index contributed by atoms with van der Waals surface area (Å²) in [5.41, 5.74) is 0. The Morgan fingerprint density at radius 1 is 1.27 bits per heavy atom. The van der Waals surface area contributed by atoms with Gasteiger partial charge in [0, 0.05) is 26.2 Å². The van der Waals surface area contributed by atoms with Gasteiger partial charge in [0.25, 0.3) is 0 Å². The van der Waals surface area contributed by atoms with E-state index in [9.17, 15) is 13.2 Å². The maximum atomic E-state index is 11.5. The Kier molecular flexibility index (Phi) is 4.42. The first-order chi connectivity index (χ1) is 6.95. The van der Waals surface area contributed by atoms with E-state index in [1.165, 1.54) is 22.3 Å². The summed E-state index contributed by atoms with van der Waals surface area (Å²) >= 11 is 1.49. The lowest BCUT2D eigenvalue weighted by Gasteiger charge is -2.33. The minimum absolute atomic E-state index is 0.0932. The van der Waals surface area contributed by atoms with Crippen LogP contribution in [0.2, 0.25) is 0 Å². The van der Waals surface area contributed by atoms with E-state index in [0.29, 0.717) is 31.9 Å². The van der Waals surface area contributed by atoms with Crippen LogP contribution in [0.4, 0.5) is 0 Å². The zero-order valence-corrected chi connectivity index (χ0v) is 10.6. The highest BCUT2D eigenvalue weighted by molar-refractivity contribution is 7.99. The number of amides is 1. The molecule has 15 heavy (non-hydrogen) atoms. The molecule has 1 aliphatic heterocycles. The monoisotopic (exact) mass is 252 g/mol. The Balaban J connectivity index is 2.46. The maximum absolute atomic E-state index is 11.5. The van der Waals surface area contributed by atoms with Crippen LogP contribution in [-0.2, 0) is 14.8 Å². The summed E-state index contributed by atoms with van der Waals surface area (Å²) in [4.78, 5) is 13.2. The highest BCUT2D eigenvalue weighted by Crippen LogP contribution is 2.07. The van der Waals surface area contributed by atoms with Crippen molar-refractivity contribution in [2.24, 2.45) is 0 Å². The number of sulfonamides is 1. The molecule has 0 unspecified atom stereocenters. The first-order valence-electron chi connectivity index (χ1n) is 4.67. The zero-order chi connectivity index (χ0) is 11.5. The molecule has 88 valence electrons. The topological polar surface area (TPSA) is 57.7 Å². The smallest absolute Gasteiger partial charge is 0.232 e. The zero-order valence-electron chi connectivity index (χ0n) is 8.97. The van der Waals surface area contributed by atoms with Gasteiger partial charge in [0.1, 0.15) is 0 Å². The summed E-state index contributed by atoms with van der Waals surface area (Å²) in [7, 11) is -3.10. The molecule has 0 aromatic rings. The third kappa shape index (κ3) is 3.66. The Labute approximate surface area is 94.9 Å².